The lowest BCUT2D eigenvalue weighted by atomic mass is 10.2. The third kappa shape index (κ3) is 4.13. The molecule has 2 rings (SSSR count). The Kier molecular flexibility index (Phi) is 5.83. The predicted molar refractivity (Wildman–Crippen MR) is 76.7 cm³/mol. The van der Waals surface area contributed by atoms with Gasteiger partial charge in [-0.2, -0.15) is 23.5 Å². The van der Waals surface area contributed by atoms with Gasteiger partial charge in [-0.3, -0.25) is 0 Å². The summed E-state index contributed by atoms with van der Waals surface area (Å²) in [4.78, 5) is 2.66. The van der Waals surface area contributed by atoms with Gasteiger partial charge in [0.05, 0.1) is 0 Å². The van der Waals surface area contributed by atoms with Gasteiger partial charge in [-0.05, 0) is 25.9 Å². The third-order valence-corrected chi connectivity index (χ3v) is 6.13. The molecule has 0 aliphatic carbocycles. The summed E-state index contributed by atoms with van der Waals surface area (Å²) >= 11 is 4.32. The van der Waals surface area contributed by atoms with E-state index in [1.54, 1.807) is 0 Å². The first-order valence-corrected chi connectivity index (χ1v) is 8.74. The van der Waals surface area contributed by atoms with Gasteiger partial charge >= 0.3 is 0 Å². The van der Waals surface area contributed by atoms with Crippen LogP contribution in [0.15, 0.2) is 0 Å². The van der Waals surface area contributed by atoms with Gasteiger partial charge in [0, 0.05) is 41.6 Å². The van der Waals surface area contributed by atoms with Crippen LogP contribution in [0.5, 0.6) is 0 Å². The fraction of sp³-hybridized carbons (Fsp3) is 1.00. The lowest BCUT2D eigenvalue weighted by Gasteiger charge is -2.26. The first-order valence-electron chi connectivity index (χ1n) is 6.53. The van der Waals surface area contributed by atoms with E-state index in [1.807, 2.05) is 0 Å². The molecule has 2 aliphatic heterocycles. The Morgan fingerprint density at radius 3 is 3.06 bits per heavy atom. The Morgan fingerprint density at radius 2 is 2.31 bits per heavy atom. The molecule has 0 bridgehead atoms. The molecule has 2 fully saturated rings. The number of likely N-dealkylation sites (tertiary alicyclic amines) is 1. The van der Waals surface area contributed by atoms with E-state index in [0.29, 0.717) is 0 Å². The molecular formula is C12H24N2S2. The van der Waals surface area contributed by atoms with Crippen LogP contribution < -0.4 is 5.32 Å². The molecule has 0 aromatic heterocycles. The van der Waals surface area contributed by atoms with E-state index in [0.717, 1.165) is 11.3 Å². The lowest BCUT2D eigenvalue weighted by Crippen LogP contribution is -2.36. The summed E-state index contributed by atoms with van der Waals surface area (Å²) in [5, 5.41) is 4.54. The normalized spacial score (nSPS) is 32.1. The van der Waals surface area contributed by atoms with Gasteiger partial charge < -0.3 is 10.2 Å². The monoisotopic (exact) mass is 260 g/mol. The van der Waals surface area contributed by atoms with Gasteiger partial charge in [-0.15, -0.1) is 0 Å². The molecule has 2 unspecified atom stereocenters. The molecule has 0 aromatic rings. The number of hydrogen-bond donors (Lipinski definition) is 1. The molecule has 94 valence electrons. The molecule has 16 heavy (non-hydrogen) atoms. The molecule has 4 heteroatoms. The Hall–Kier alpha value is 0.620. The number of hydrogen-bond acceptors (Lipinski definition) is 4. The third-order valence-electron chi connectivity index (χ3n) is 3.30. The van der Waals surface area contributed by atoms with E-state index >= 15 is 0 Å². The van der Waals surface area contributed by atoms with Crippen LogP contribution in [0, 0.1) is 0 Å². The van der Waals surface area contributed by atoms with E-state index < -0.39 is 0 Å². The highest BCUT2D eigenvalue weighted by Gasteiger charge is 2.25. The Bertz CT molecular complexity index is 195. The molecule has 2 nitrogen and oxygen atoms in total. The van der Waals surface area contributed by atoms with Crippen LogP contribution >= 0.6 is 23.5 Å². The second-order valence-corrected chi connectivity index (χ2v) is 7.33. The minimum Gasteiger partial charge on any atom is -0.313 e. The van der Waals surface area contributed by atoms with Gasteiger partial charge in [-0.25, -0.2) is 0 Å². The molecule has 2 saturated heterocycles. The van der Waals surface area contributed by atoms with Crippen molar-refractivity contribution in [2.45, 2.75) is 31.1 Å². The fourth-order valence-electron chi connectivity index (χ4n) is 2.44. The highest BCUT2D eigenvalue weighted by molar-refractivity contribution is 8.06. The van der Waals surface area contributed by atoms with Gasteiger partial charge in [0.2, 0.25) is 0 Å². The molecule has 2 atom stereocenters. The first-order chi connectivity index (χ1) is 7.88. The Balaban J connectivity index is 1.63. The van der Waals surface area contributed by atoms with Crippen molar-refractivity contribution in [3.05, 3.63) is 0 Å². The zero-order valence-electron chi connectivity index (χ0n) is 10.3. The van der Waals surface area contributed by atoms with E-state index in [4.69, 9.17) is 0 Å². The molecule has 0 amide bonds. The van der Waals surface area contributed by atoms with E-state index in [2.05, 4.69) is 40.7 Å². The van der Waals surface area contributed by atoms with Crippen LogP contribution in [-0.2, 0) is 0 Å². The molecule has 0 radical (unpaired) electrons. The minimum atomic E-state index is 0.765. The molecule has 0 aromatic carbocycles. The summed E-state index contributed by atoms with van der Waals surface area (Å²) in [6, 6.07) is 0.765. The summed E-state index contributed by atoms with van der Waals surface area (Å²) in [7, 11) is 0. The zero-order valence-corrected chi connectivity index (χ0v) is 11.9. The summed E-state index contributed by atoms with van der Waals surface area (Å²) in [6.07, 6.45) is 2.61. The summed E-state index contributed by atoms with van der Waals surface area (Å²) < 4.78 is 0. The first kappa shape index (κ1) is 13.1. The van der Waals surface area contributed by atoms with E-state index in [1.165, 1.54) is 56.3 Å². The number of rotatable bonds is 5. The van der Waals surface area contributed by atoms with Crippen molar-refractivity contribution >= 4 is 23.5 Å². The number of thioether (sulfide) groups is 2. The van der Waals surface area contributed by atoms with Crippen molar-refractivity contribution in [3.63, 3.8) is 0 Å². The largest absolute Gasteiger partial charge is 0.313 e. The van der Waals surface area contributed by atoms with Crippen LogP contribution in [0.3, 0.4) is 0 Å². The quantitative estimate of drug-likeness (QED) is 0.812. The van der Waals surface area contributed by atoms with Crippen molar-refractivity contribution in [3.8, 4) is 0 Å². The average Bonchev–Trinajstić information content (AvgIpc) is 2.75. The van der Waals surface area contributed by atoms with Crippen molar-refractivity contribution in [2.75, 3.05) is 43.4 Å². The van der Waals surface area contributed by atoms with Crippen LogP contribution in [0.25, 0.3) is 0 Å². The topological polar surface area (TPSA) is 15.3 Å². The maximum Gasteiger partial charge on any atom is 0.0265 e. The molecule has 0 saturated carbocycles. The van der Waals surface area contributed by atoms with Crippen molar-refractivity contribution in [1.29, 1.82) is 0 Å². The number of nitrogens with zero attached hydrogens (tertiary/aromatic N) is 1. The smallest absolute Gasteiger partial charge is 0.0265 e. The summed E-state index contributed by atoms with van der Waals surface area (Å²) in [5.74, 6) is 4.09. The maximum absolute atomic E-state index is 3.64. The van der Waals surface area contributed by atoms with Crippen LogP contribution in [0.1, 0.15) is 19.8 Å². The van der Waals surface area contributed by atoms with Gasteiger partial charge in [0.25, 0.3) is 0 Å². The molecule has 2 aliphatic rings. The zero-order chi connectivity index (χ0) is 11.2. The lowest BCUT2D eigenvalue weighted by molar-refractivity contribution is 0.333. The van der Waals surface area contributed by atoms with Crippen molar-refractivity contribution in [1.82, 2.24) is 10.2 Å². The predicted octanol–water partition coefficient (Wildman–Crippen LogP) is 1.91. The van der Waals surface area contributed by atoms with Crippen LogP contribution in [0.4, 0.5) is 0 Å². The molecule has 0 spiro atoms. The standard InChI is InChI=1S/C12H24N2S2/c1-2-4-13-11-3-5-14(8-11)9-12-10-15-6-7-16-12/h11-13H,2-10H2,1H3. The highest BCUT2D eigenvalue weighted by atomic mass is 32.2. The van der Waals surface area contributed by atoms with E-state index in [-0.39, 0.29) is 0 Å². The Labute approximate surface area is 108 Å². The van der Waals surface area contributed by atoms with Gasteiger partial charge in [0.15, 0.2) is 0 Å². The van der Waals surface area contributed by atoms with Gasteiger partial charge in [-0.1, -0.05) is 6.92 Å². The SMILES string of the molecule is CCCNC1CCN(CC2CSCCS2)C1. The van der Waals surface area contributed by atoms with Crippen LogP contribution in [-0.4, -0.2) is 59.6 Å². The number of nitrogens with one attached hydrogen (secondary N) is 1. The second-order valence-electron chi connectivity index (χ2n) is 4.77. The van der Waals surface area contributed by atoms with E-state index in [9.17, 15) is 0 Å². The van der Waals surface area contributed by atoms with Crippen molar-refractivity contribution in [2.24, 2.45) is 0 Å². The maximum atomic E-state index is 3.64. The van der Waals surface area contributed by atoms with Crippen LogP contribution in [0.2, 0.25) is 0 Å². The minimum absolute atomic E-state index is 0.765. The van der Waals surface area contributed by atoms with Crippen molar-refractivity contribution < 1.29 is 0 Å². The summed E-state index contributed by atoms with van der Waals surface area (Å²) in [5.41, 5.74) is 0. The average molecular weight is 260 g/mol. The fourth-order valence-corrected chi connectivity index (χ4v) is 5.16. The van der Waals surface area contributed by atoms with Gasteiger partial charge in [0.1, 0.15) is 0 Å². The molecule has 1 N–H and O–H groups in total. The molecular weight excluding hydrogens is 236 g/mol. The molecule has 2 heterocycles. The highest BCUT2D eigenvalue weighted by Crippen LogP contribution is 2.25. The summed E-state index contributed by atoms with van der Waals surface area (Å²) in [6.45, 7) is 7.34. The Morgan fingerprint density at radius 1 is 1.38 bits per heavy atom. The second kappa shape index (κ2) is 7.14.